The third-order valence-electron chi connectivity index (χ3n) is 3.70. The molecule has 0 amide bonds. The lowest BCUT2D eigenvalue weighted by molar-refractivity contribution is 0.106. The van der Waals surface area contributed by atoms with Crippen molar-refractivity contribution in [2.45, 2.75) is 44.4 Å². The predicted molar refractivity (Wildman–Crippen MR) is 69.8 cm³/mol. The molecule has 1 saturated carbocycles. The van der Waals surface area contributed by atoms with Crippen molar-refractivity contribution in [3.8, 4) is 11.5 Å². The first-order valence-electron chi connectivity index (χ1n) is 6.41. The normalized spacial score (nSPS) is 25.2. The van der Waals surface area contributed by atoms with E-state index in [2.05, 4.69) is 5.32 Å². The minimum atomic E-state index is -0.0770. The zero-order valence-electron chi connectivity index (χ0n) is 10.9. The maximum Gasteiger partial charge on any atom is 0.124 e. The molecule has 0 bridgehead atoms. The minimum Gasteiger partial charge on any atom is -0.507 e. The summed E-state index contributed by atoms with van der Waals surface area (Å²) < 4.78 is 5.34. The number of ether oxygens (including phenoxy) is 1. The molecule has 0 spiro atoms. The van der Waals surface area contributed by atoms with Gasteiger partial charge in [0.05, 0.1) is 11.7 Å². The van der Waals surface area contributed by atoms with Crippen molar-refractivity contribution in [2.75, 3.05) is 7.11 Å². The summed E-state index contributed by atoms with van der Waals surface area (Å²) in [6.07, 6.45) is 3.44. The quantitative estimate of drug-likeness (QED) is 0.768. The molecule has 1 aliphatic rings. The van der Waals surface area contributed by atoms with E-state index in [1.54, 1.807) is 25.3 Å². The van der Waals surface area contributed by atoms with E-state index in [4.69, 9.17) is 4.74 Å². The van der Waals surface area contributed by atoms with Crippen LogP contribution in [0.2, 0.25) is 0 Å². The van der Waals surface area contributed by atoms with Gasteiger partial charge in [-0.2, -0.15) is 0 Å². The van der Waals surface area contributed by atoms with Gasteiger partial charge < -0.3 is 20.3 Å². The lowest BCUT2D eigenvalue weighted by atomic mass is 10.0. The monoisotopic (exact) mass is 251 g/mol. The lowest BCUT2D eigenvalue weighted by Crippen LogP contribution is -2.30. The molecule has 0 aliphatic heterocycles. The predicted octanol–water partition coefficient (Wildman–Crippen LogP) is 2.32. The summed E-state index contributed by atoms with van der Waals surface area (Å²) in [5, 5.41) is 23.1. The molecule has 3 unspecified atom stereocenters. The Bertz CT molecular complexity index is 388. The molecule has 100 valence electrons. The summed E-state index contributed by atoms with van der Waals surface area (Å²) in [7, 11) is 1.74. The first-order valence-corrected chi connectivity index (χ1v) is 6.41. The van der Waals surface area contributed by atoms with Gasteiger partial charge in [0.25, 0.3) is 0 Å². The molecule has 3 N–H and O–H groups in total. The van der Waals surface area contributed by atoms with Crippen LogP contribution in [0.1, 0.15) is 37.8 Å². The van der Waals surface area contributed by atoms with E-state index >= 15 is 0 Å². The number of aromatic hydroxyl groups is 2. The van der Waals surface area contributed by atoms with Gasteiger partial charge in [-0.05, 0) is 38.3 Å². The van der Waals surface area contributed by atoms with Crippen LogP contribution in [0.3, 0.4) is 0 Å². The van der Waals surface area contributed by atoms with E-state index in [1.807, 2.05) is 6.92 Å². The molecule has 0 heterocycles. The molecular formula is C14H21NO3. The zero-order valence-corrected chi connectivity index (χ0v) is 10.9. The highest BCUT2D eigenvalue weighted by atomic mass is 16.5. The average Bonchev–Trinajstić information content (AvgIpc) is 2.76. The Labute approximate surface area is 108 Å². The fourth-order valence-corrected chi connectivity index (χ4v) is 2.73. The molecule has 0 radical (unpaired) electrons. The number of phenols is 2. The molecule has 4 heteroatoms. The third kappa shape index (κ3) is 2.76. The van der Waals surface area contributed by atoms with E-state index in [0.29, 0.717) is 17.7 Å². The molecule has 4 nitrogen and oxygen atoms in total. The van der Waals surface area contributed by atoms with Gasteiger partial charge in [0.2, 0.25) is 0 Å². The van der Waals surface area contributed by atoms with Crippen LogP contribution in [-0.2, 0) is 4.74 Å². The summed E-state index contributed by atoms with van der Waals surface area (Å²) >= 11 is 0. The molecule has 18 heavy (non-hydrogen) atoms. The van der Waals surface area contributed by atoms with Gasteiger partial charge >= 0.3 is 0 Å². The maximum atomic E-state index is 9.81. The van der Waals surface area contributed by atoms with Crippen molar-refractivity contribution in [3.05, 3.63) is 23.8 Å². The average molecular weight is 251 g/mol. The van der Waals surface area contributed by atoms with E-state index < -0.39 is 0 Å². The second-order valence-electron chi connectivity index (χ2n) is 4.97. The Kier molecular flexibility index (Phi) is 4.09. The maximum absolute atomic E-state index is 9.81. The number of nitrogens with one attached hydrogen (secondary N) is 1. The first-order chi connectivity index (χ1) is 8.61. The smallest absolute Gasteiger partial charge is 0.124 e. The number of phenolic OH excluding ortho intramolecular Hbond substituents is 2. The number of benzene rings is 1. The molecule has 0 aromatic heterocycles. The molecular weight excluding hydrogens is 230 g/mol. The summed E-state index contributed by atoms with van der Waals surface area (Å²) in [6, 6.07) is 5.13. The Morgan fingerprint density at radius 2 is 1.94 bits per heavy atom. The van der Waals surface area contributed by atoms with Gasteiger partial charge in [0, 0.05) is 19.2 Å². The van der Waals surface area contributed by atoms with Crippen LogP contribution in [0.25, 0.3) is 0 Å². The number of rotatable bonds is 4. The van der Waals surface area contributed by atoms with Gasteiger partial charge in [-0.1, -0.05) is 6.07 Å². The van der Waals surface area contributed by atoms with Crippen molar-refractivity contribution in [3.63, 3.8) is 0 Å². The van der Waals surface area contributed by atoms with Crippen molar-refractivity contribution in [2.24, 2.45) is 0 Å². The Balaban J connectivity index is 2.02. The standard InChI is InChI=1S/C14H21NO3/c1-9(14-12(16)4-3-5-13(14)17)15-10-6-7-11(8-10)18-2/h3-5,9-11,15-17H,6-8H2,1-2H3. The molecule has 1 aliphatic carbocycles. The largest absolute Gasteiger partial charge is 0.507 e. The van der Waals surface area contributed by atoms with Gasteiger partial charge in [-0.15, -0.1) is 0 Å². The van der Waals surface area contributed by atoms with Crippen molar-refractivity contribution >= 4 is 0 Å². The molecule has 1 fully saturated rings. The summed E-state index contributed by atoms with van der Waals surface area (Å²) in [5.41, 5.74) is 0.568. The first kappa shape index (κ1) is 13.2. The van der Waals surface area contributed by atoms with E-state index in [-0.39, 0.29) is 17.5 Å². The second kappa shape index (κ2) is 5.59. The van der Waals surface area contributed by atoms with E-state index in [9.17, 15) is 10.2 Å². The van der Waals surface area contributed by atoms with Gasteiger partial charge in [-0.3, -0.25) is 0 Å². The fourth-order valence-electron chi connectivity index (χ4n) is 2.73. The Morgan fingerprint density at radius 3 is 2.50 bits per heavy atom. The van der Waals surface area contributed by atoms with E-state index in [0.717, 1.165) is 19.3 Å². The fraction of sp³-hybridized carbons (Fsp3) is 0.571. The number of hydrogen-bond acceptors (Lipinski definition) is 4. The minimum absolute atomic E-state index is 0.0770. The summed E-state index contributed by atoms with van der Waals surface area (Å²) in [6.45, 7) is 1.95. The van der Waals surface area contributed by atoms with Crippen LogP contribution in [-0.4, -0.2) is 29.5 Å². The highest BCUT2D eigenvalue weighted by Crippen LogP contribution is 2.33. The van der Waals surface area contributed by atoms with Crippen LogP contribution >= 0.6 is 0 Å². The van der Waals surface area contributed by atoms with E-state index in [1.165, 1.54) is 0 Å². The molecule has 1 aromatic carbocycles. The number of methoxy groups -OCH3 is 1. The second-order valence-corrected chi connectivity index (χ2v) is 4.97. The zero-order chi connectivity index (χ0) is 13.1. The number of hydrogen-bond donors (Lipinski definition) is 3. The summed E-state index contributed by atoms with van der Waals surface area (Å²) in [4.78, 5) is 0. The van der Waals surface area contributed by atoms with Crippen LogP contribution in [0, 0.1) is 0 Å². The van der Waals surface area contributed by atoms with Crippen LogP contribution in [0.5, 0.6) is 11.5 Å². The van der Waals surface area contributed by atoms with Crippen LogP contribution in [0.4, 0.5) is 0 Å². The topological polar surface area (TPSA) is 61.7 Å². The molecule has 0 saturated heterocycles. The van der Waals surface area contributed by atoms with Crippen molar-refractivity contribution < 1.29 is 14.9 Å². The highest BCUT2D eigenvalue weighted by Gasteiger charge is 2.26. The van der Waals surface area contributed by atoms with Gasteiger partial charge in [0.1, 0.15) is 11.5 Å². The highest BCUT2D eigenvalue weighted by molar-refractivity contribution is 5.44. The van der Waals surface area contributed by atoms with Crippen molar-refractivity contribution in [1.82, 2.24) is 5.32 Å². The molecule has 1 aromatic rings. The van der Waals surface area contributed by atoms with Gasteiger partial charge in [0.15, 0.2) is 0 Å². The SMILES string of the molecule is COC1CCC(NC(C)c2c(O)cccc2O)C1. The molecule has 2 rings (SSSR count). The summed E-state index contributed by atoms with van der Waals surface area (Å²) in [5.74, 6) is 0.271. The lowest BCUT2D eigenvalue weighted by Gasteiger charge is -2.21. The Morgan fingerprint density at radius 1 is 1.28 bits per heavy atom. The van der Waals surface area contributed by atoms with Crippen molar-refractivity contribution in [1.29, 1.82) is 0 Å². The molecule has 3 atom stereocenters. The van der Waals surface area contributed by atoms with Crippen LogP contribution < -0.4 is 5.32 Å². The Hall–Kier alpha value is -1.26. The van der Waals surface area contributed by atoms with Crippen LogP contribution in [0.15, 0.2) is 18.2 Å². The van der Waals surface area contributed by atoms with Gasteiger partial charge in [-0.25, -0.2) is 0 Å². The third-order valence-corrected chi connectivity index (χ3v) is 3.70.